The van der Waals surface area contributed by atoms with E-state index in [-0.39, 0.29) is 18.2 Å². The maximum Gasteiger partial charge on any atom is 0.211 e. The highest BCUT2D eigenvalue weighted by Gasteiger charge is 2.16. The van der Waals surface area contributed by atoms with Crippen LogP contribution in [0.25, 0.3) is 0 Å². The third kappa shape index (κ3) is 8.80. The van der Waals surface area contributed by atoms with Crippen LogP contribution in [0, 0.1) is 5.92 Å². The van der Waals surface area contributed by atoms with Crippen molar-refractivity contribution in [1.29, 1.82) is 0 Å². The van der Waals surface area contributed by atoms with Crippen LogP contribution in [-0.4, -0.2) is 58.7 Å². The third-order valence-corrected chi connectivity index (χ3v) is 6.05. The SMILES string of the molecule is CCN(CCCNS(=O)(=O)CC(C)CCl)S(C)(=O)=O. The van der Waals surface area contributed by atoms with Gasteiger partial charge in [-0.3, -0.25) is 0 Å². The van der Waals surface area contributed by atoms with Crippen LogP contribution in [0.3, 0.4) is 0 Å². The molecule has 0 aliphatic heterocycles. The molecule has 0 fully saturated rings. The number of sulfonamides is 2. The van der Waals surface area contributed by atoms with Gasteiger partial charge in [-0.05, 0) is 12.3 Å². The normalized spacial score (nSPS) is 14.8. The molecular formula is C10H23ClN2O4S2. The molecule has 1 atom stereocenters. The van der Waals surface area contributed by atoms with Crippen molar-refractivity contribution >= 4 is 31.6 Å². The fourth-order valence-electron chi connectivity index (χ4n) is 1.52. The predicted molar refractivity (Wildman–Crippen MR) is 78.4 cm³/mol. The fourth-order valence-corrected chi connectivity index (χ4v) is 4.13. The van der Waals surface area contributed by atoms with E-state index in [1.807, 2.05) is 0 Å². The molecule has 0 saturated carbocycles. The summed E-state index contributed by atoms with van der Waals surface area (Å²) in [4.78, 5) is 0. The lowest BCUT2D eigenvalue weighted by Gasteiger charge is -2.17. The first kappa shape index (κ1) is 19.1. The largest absolute Gasteiger partial charge is 0.215 e. The second kappa shape index (κ2) is 8.41. The van der Waals surface area contributed by atoms with Crippen LogP contribution in [0.1, 0.15) is 20.3 Å². The second-order valence-corrected chi connectivity index (χ2v) is 8.69. The highest BCUT2D eigenvalue weighted by atomic mass is 35.5. The quantitative estimate of drug-likeness (QED) is 0.464. The van der Waals surface area contributed by atoms with Gasteiger partial charge in [0.2, 0.25) is 20.0 Å². The van der Waals surface area contributed by atoms with E-state index in [0.29, 0.717) is 25.4 Å². The van der Waals surface area contributed by atoms with E-state index in [0.717, 1.165) is 6.26 Å². The summed E-state index contributed by atoms with van der Waals surface area (Å²) in [5.74, 6) is 0.168. The highest BCUT2D eigenvalue weighted by molar-refractivity contribution is 7.89. The Morgan fingerprint density at radius 3 is 2.26 bits per heavy atom. The van der Waals surface area contributed by atoms with Gasteiger partial charge < -0.3 is 0 Å². The molecule has 116 valence electrons. The Morgan fingerprint density at radius 2 is 1.84 bits per heavy atom. The van der Waals surface area contributed by atoms with E-state index in [9.17, 15) is 16.8 Å². The summed E-state index contributed by atoms with van der Waals surface area (Å²) in [6, 6.07) is 0. The molecule has 0 aliphatic carbocycles. The van der Waals surface area contributed by atoms with E-state index in [1.165, 1.54) is 4.31 Å². The Bertz CT molecular complexity index is 450. The number of nitrogens with zero attached hydrogens (tertiary/aromatic N) is 1. The Kier molecular flexibility index (Phi) is 8.46. The minimum atomic E-state index is -3.34. The maximum absolute atomic E-state index is 11.6. The standard InChI is InChI=1S/C10H23ClN2O4S2/c1-4-13(18(3,14)15)7-5-6-12-19(16,17)9-10(2)8-11/h10,12H,4-9H2,1-3H3. The van der Waals surface area contributed by atoms with E-state index in [4.69, 9.17) is 11.6 Å². The molecule has 0 aromatic rings. The summed E-state index contributed by atoms with van der Waals surface area (Å²) < 4.78 is 49.6. The van der Waals surface area contributed by atoms with Crippen LogP contribution >= 0.6 is 11.6 Å². The summed E-state index contributed by atoms with van der Waals surface area (Å²) in [6.07, 6.45) is 1.58. The lowest BCUT2D eigenvalue weighted by molar-refractivity contribution is 0.424. The molecule has 0 aliphatic rings. The minimum absolute atomic E-state index is 0.0138. The van der Waals surface area contributed by atoms with Crippen molar-refractivity contribution in [3.63, 3.8) is 0 Å². The average molecular weight is 335 g/mol. The first-order chi connectivity index (χ1) is 8.62. The van der Waals surface area contributed by atoms with Crippen LogP contribution in [0.2, 0.25) is 0 Å². The number of hydrogen-bond donors (Lipinski definition) is 1. The number of nitrogens with one attached hydrogen (secondary N) is 1. The van der Waals surface area contributed by atoms with E-state index in [1.54, 1.807) is 13.8 Å². The zero-order valence-electron chi connectivity index (χ0n) is 11.6. The summed E-state index contributed by atoms with van der Waals surface area (Å²) in [5.41, 5.74) is 0. The van der Waals surface area contributed by atoms with E-state index >= 15 is 0 Å². The number of hydrogen-bond acceptors (Lipinski definition) is 4. The number of alkyl halides is 1. The lowest BCUT2D eigenvalue weighted by atomic mass is 10.3. The van der Waals surface area contributed by atoms with Gasteiger partial charge in [-0.2, -0.15) is 0 Å². The molecule has 0 spiro atoms. The van der Waals surface area contributed by atoms with Crippen molar-refractivity contribution in [1.82, 2.24) is 9.03 Å². The second-order valence-electron chi connectivity index (χ2n) is 4.54. The summed E-state index contributed by atoms with van der Waals surface area (Å²) in [7, 11) is -6.55. The molecular weight excluding hydrogens is 312 g/mol. The molecule has 0 rings (SSSR count). The van der Waals surface area contributed by atoms with E-state index < -0.39 is 20.0 Å². The summed E-state index contributed by atoms with van der Waals surface area (Å²) >= 11 is 5.56. The molecule has 1 unspecified atom stereocenters. The molecule has 0 amide bonds. The van der Waals surface area contributed by atoms with Crippen molar-refractivity contribution < 1.29 is 16.8 Å². The van der Waals surface area contributed by atoms with Crippen molar-refractivity contribution in [3.8, 4) is 0 Å². The first-order valence-electron chi connectivity index (χ1n) is 6.10. The molecule has 1 N–H and O–H groups in total. The molecule has 0 aromatic heterocycles. The molecule has 0 heterocycles. The average Bonchev–Trinajstić information content (AvgIpc) is 2.26. The Hall–Kier alpha value is 0.110. The van der Waals surface area contributed by atoms with Crippen LogP contribution in [0.15, 0.2) is 0 Å². The molecule has 0 aromatic carbocycles. The van der Waals surface area contributed by atoms with Gasteiger partial charge in [-0.1, -0.05) is 13.8 Å². The monoisotopic (exact) mass is 334 g/mol. The molecule has 0 saturated heterocycles. The van der Waals surface area contributed by atoms with Gasteiger partial charge >= 0.3 is 0 Å². The first-order valence-corrected chi connectivity index (χ1v) is 10.1. The zero-order valence-corrected chi connectivity index (χ0v) is 14.0. The molecule has 0 bridgehead atoms. The summed E-state index contributed by atoms with van der Waals surface area (Å²) in [5, 5.41) is 0. The molecule has 6 nitrogen and oxygen atoms in total. The minimum Gasteiger partial charge on any atom is -0.215 e. The van der Waals surface area contributed by atoms with Gasteiger partial charge in [0, 0.05) is 25.5 Å². The topological polar surface area (TPSA) is 83.6 Å². The summed E-state index contributed by atoms with van der Waals surface area (Å²) in [6.45, 7) is 4.42. The van der Waals surface area contributed by atoms with Crippen molar-refractivity contribution in [2.24, 2.45) is 5.92 Å². The number of rotatable bonds is 10. The van der Waals surface area contributed by atoms with Crippen LogP contribution < -0.4 is 4.72 Å². The van der Waals surface area contributed by atoms with Gasteiger partial charge in [-0.25, -0.2) is 25.9 Å². The molecule has 9 heteroatoms. The van der Waals surface area contributed by atoms with Gasteiger partial charge in [0.1, 0.15) is 0 Å². The van der Waals surface area contributed by atoms with Gasteiger partial charge in [-0.15, -0.1) is 11.6 Å². The zero-order chi connectivity index (χ0) is 15.1. The van der Waals surface area contributed by atoms with Gasteiger partial charge in [0.05, 0.1) is 12.0 Å². The lowest BCUT2D eigenvalue weighted by Crippen LogP contribution is -2.35. The Labute approximate surface area is 121 Å². The van der Waals surface area contributed by atoms with E-state index in [2.05, 4.69) is 4.72 Å². The Balaban J connectivity index is 4.11. The van der Waals surface area contributed by atoms with Crippen LogP contribution in [-0.2, 0) is 20.0 Å². The predicted octanol–water partition coefficient (Wildman–Crippen LogP) is 0.452. The van der Waals surface area contributed by atoms with Crippen molar-refractivity contribution in [2.45, 2.75) is 20.3 Å². The van der Waals surface area contributed by atoms with Crippen LogP contribution in [0.4, 0.5) is 0 Å². The van der Waals surface area contributed by atoms with Gasteiger partial charge in [0.15, 0.2) is 0 Å². The number of halogens is 1. The molecule has 0 radical (unpaired) electrons. The third-order valence-electron chi connectivity index (χ3n) is 2.50. The molecule has 19 heavy (non-hydrogen) atoms. The maximum atomic E-state index is 11.6. The fraction of sp³-hybridized carbons (Fsp3) is 1.00. The highest BCUT2D eigenvalue weighted by Crippen LogP contribution is 2.02. The van der Waals surface area contributed by atoms with Crippen molar-refractivity contribution in [2.75, 3.05) is 37.5 Å². The van der Waals surface area contributed by atoms with Crippen molar-refractivity contribution in [3.05, 3.63) is 0 Å². The Morgan fingerprint density at radius 1 is 1.26 bits per heavy atom. The van der Waals surface area contributed by atoms with Crippen LogP contribution in [0.5, 0.6) is 0 Å². The van der Waals surface area contributed by atoms with Gasteiger partial charge in [0.25, 0.3) is 0 Å². The smallest absolute Gasteiger partial charge is 0.211 e.